The molecule has 0 aliphatic heterocycles. The molecule has 100 valence electrons. The normalized spacial score (nSPS) is 10.8. The molecule has 2 rings (SSSR count). The topological polar surface area (TPSA) is 32.3 Å². The van der Waals surface area contributed by atoms with Crippen LogP contribution in [0.4, 0.5) is 0 Å². The molecule has 0 spiro atoms. The van der Waals surface area contributed by atoms with Crippen molar-refractivity contribution in [3.8, 4) is 0 Å². The molecule has 2 N–H and O–H groups in total. The van der Waals surface area contributed by atoms with E-state index in [0.29, 0.717) is 6.54 Å². The molecular weight excluding hydrogens is 253 g/mol. The molecule has 2 aromatic carbocycles. The first-order chi connectivity index (χ1) is 9.42. The van der Waals surface area contributed by atoms with E-state index in [0.717, 1.165) is 12.7 Å². The first-order valence-corrected chi connectivity index (χ1v) is 8.14. The van der Waals surface area contributed by atoms with Crippen LogP contribution in [0.5, 0.6) is 0 Å². The molecule has 19 heavy (non-hydrogen) atoms. The van der Waals surface area contributed by atoms with Gasteiger partial charge in [-0.2, -0.15) is 0 Å². The minimum absolute atomic E-state index is 0.203. The van der Waals surface area contributed by atoms with Gasteiger partial charge >= 0.3 is 0 Å². The molecule has 0 amide bonds. The predicted molar refractivity (Wildman–Crippen MR) is 83.9 cm³/mol. The first kappa shape index (κ1) is 14.2. The van der Waals surface area contributed by atoms with Crippen LogP contribution in [-0.2, 0) is 0 Å². The van der Waals surface area contributed by atoms with Crippen molar-refractivity contribution < 1.29 is 5.11 Å². The highest BCUT2D eigenvalue weighted by molar-refractivity contribution is 7.73. The lowest BCUT2D eigenvalue weighted by Crippen LogP contribution is -2.25. The molecule has 0 heterocycles. The summed E-state index contributed by atoms with van der Waals surface area (Å²) in [5.41, 5.74) is 0. The van der Waals surface area contributed by atoms with Crippen molar-refractivity contribution >= 4 is 18.5 Å². The Morgan fingerprint density at radius 3 is 1.79 bits per heavy atom. The van der Waals surface area contributed by atoms with Gasteiger partial charge in [-0.25, -0.2) is 0 Å². The minimum atomic E-state index is -0.312. The quantitative estimate of drug-likeness (QED) is 0.594. The van der Waals surface area contributed by atoms with Gasteiger partial charge in [0.25, 0.3) is 0 Å². The predicted octanol–water partition coefficient (Wildman–Crippen LogP) is 1.70. The Labute approximate surface area is 116 Å². The van der Waals surface area contributed by atoms with Gasteiger partial charge in [-0.15, -0.1) is 0 Å². The van der Waals surface area contributed by atoms with Gasteiger partial charge in [-0.3, -0.25) is 0 Å². The molecule has 3 heteroatoms. The van der Waals surface area contributed by atoms with Crippen molar-refractivity contribution in [1.82, 2.24) is 5.32 Å². The number of aliphatic hydroxyl groups is 1. The van der Waals surface area contributed by atoms with Gasteiger partial charge in [0.1, 0.15) is 0 Å². The van der Waals surface area contributed by atoms with Crippen molar-refractivity contribution in [2.24, 2.45) is 0 Å². The second-order valence-electron chi connectivity index (χ2n) is 4.30. The molecule has 0 saturated heterocycles. The van der Waals surface area contributed by atoms with E-state index >= 15 is 0 Å². The van der Waals surface area contributed by atoms with Gasteiger partial charge in [-0.05, 0) is 31.2 Å². The number of hydrogen-bond donors (Lipinski definition) is 2. The summed E-state index contributed by atoms with van der Waals surface area (Å²) in [5.74, 6) is 0. The number of benzene rings is 2. The fraction of sp³-hybridized carbons (Fsp3) is 0.250. The fourth-order valence-electron chi connectivity index (χ4n) is 2.02. The zero-order chi connectivity index (χ0) is 13.3. The summed E-state index contributed by atoms with van der Waals surface area (Å²) in [7, 11) is -0.312. The van der Waals surface area contributed by atoms with E-state index in [1.165, 1.54) is 10.6 Å². The lowest BCUT2D eigenvalue weighted by atomic mass is 10.4. The maximum absolute atomic E-state index is 8.81. The van der Waals surface area contributed by atoms with Gasteiger partial charge in [-0.1, -0.05) is 60.7 Å². The van der Waals surface area contributed by atoms with E-state index in [4.69, 9.17) is 5.11 Å². The maximum atomic E-state index is 8.81. The van der Waals surface area contributed by atoms with Crippen LogP contribution in [0.2, 0.25) is 0 Å². The van der Waals surface area contributed by atoms with Crippen molar-refractivity contribution in [1.29, 1.82) is 0 Å². The van der Waals surface area contributed by atoms with Gasteiger partial charge in [0, 0.05) is 6.54 Å². The maximum Gasteiger partial charge on any atom is 0.0555 e. The van der Waals surface area contributed by atoms with Gasteiger partial charge in [0.15, 0.2) is 0 Å². The summed E-state index contributed by atoms with van der Waals surface area (Å²) in [6, 6.07) is 21.4. The number of hydrogen-bond acceptors (Lipinski definition) is 2. The van der Waals surface area contributed by atoms with E-state index in [1.807, 2.05) is 0 Å². The second kappa shape index (κ2) is 8.06. The van der Waals surface area contributed by atoms with Crippen molar-refractivity contribution in [3.05, 3.63) is 60.7 Å². The van der Waals surface area contributed by atoms with Crippen molar-refractivity contribution in [2.45, 2.75) is 0 Å². The van der Waals surface area contributed by atoms with Crippen molar-refractivity contribution in [3.63, 3.8) is 0 Å². The molecule has 0 aromatic heterocycles. The third kappa shape index (κ3) is 4.43. The standard InChI is InChI=1S/C16H20NOP/c18-13-11-17-12-14-19(15-7-3-1-4-8-15)16-9-5-2-6-10-16/h1-10,17-18H,11-14H2. The highest BCUT2D eigenvalue weighted by Crippen LogP contribution is 2.32. The average Bonchev–Trinajstić information content (AvgIpc) is 2.49. The largest absolute Gasteiger partial charge is 0.395 e. The number of rotatable bonds is 7. The SMILES string of the molecule is OCCNCCP(c1ccccc1)c1ccccc1. The second-order valence-corrected chi connectivity index (χ2v) is 6.63. The summed E-state index contributed by atoms with van der Waals surface area (Å²) in [5, 5.41) is 14.9. The Hall–Kier alpha value is -1.21. The molecule has 0 aliphatic rings. The average molecular weight is 273 g/mol. The van der Waals surface area contributed by atoms with E-state index in [9.17, 15) is 0 Å². The van der Waals surface area contributed by atoms with Gasteiger partial charge < -0.3 is 10.4 Å². The lowest BCUT2D eigenvalue weighted by molar-refractivity contribution is 0.294. The Kier molecular flexibility index (Phi) is 6.03. The molecule has 0 unspecified atom stereocenters. The van der Waals surface area contributed by atoms with Crippen LogP contribution in [0.1, 0.15) is 0 Å². The molecule has 0 atom stereocenters. The van der Waals surface area contributed by atoms with Crippen LogP contribution in [0.15, 0.2) is 60.7 Å². The summed E-state index contributed by atoms with van der Waals surface area (Å²) in [6.45, 7) is 1.82. The van der Waals surface area contributed by atoms with Crippen LogP contribution in [0, 0.1) is 0 Å². The van der Waals surface area contributed by atoms with Gasteiger partial charge in [0.2, 0.25) is 0 Å². The molecule has 2 nitrogen and oxygen atoms in total. The highest BCUT2D eigenvalue weighted by atomic mass is 31.1. The highest BCUT2D eigenvalue weighted by Gasteiger charge is 2.12. The van der Waals surface area contributed by atoms with E-state index in [1.54, 1.807) is 0 Å². The van der Waals surface area contributed by atoms with Crippen LogP contribution < -0.4 is 15.9 Å². The first-order valence-electron chi connectivity index (χ1n) is 6.61. The third-order valence-corrected chi connectivity index (χ3v) is 5.45. The number of nitrogens with one attached hydrogen (secondary N) is 1. The minimum Gasteiger partial charge on any atom is -0.395 e. The van der Waals surface area contributed by atoms with Crippen LogP contribution in [0.25, 0.3) is 0 Å². The Bertz CT molecular complexity index is 421. The summed E-state index contributed by atoms with van der Waals surface area (Å²) in [4.78, 5) is 0. The Morgan fingerprint density at radius 2 is 1.32 bits per heavy atom. The monoisotopic (exact) mass is 273 g/mol. The number of aliphatic hydroxyl groups excluding tert-OH is 1. The van der Waals surface area contributed by atoms with Crippen LogP contribution >= 0.6 is 7.92 Å². The van der Waals surface area contributed by atoms with E-state index in [2.05, 4.69) is 66.0 Å². The smallest absolute Gasteiger partial charge is 0.0555 e. The summed E-state index contributed by atoms with van der Waals surface area (Å²) >= 11 is 0. The summed E-state index contributed by atoms with van der Waals surface area (Å²) < 4.78 is 0. The molecule has 2 aromatic rings. The van der Waals surface area contributed by atoms with Crippen molar-refractivity contribution in [2.75, 3.05) is 25.9 Å². The molecule has 0 radical (unpaired) electrons. The van der Waals surface area contributed by atoms with Gasteiger partial charge in [0.05, 0.1) is 6.61 Å². The van der Waals surface area contributed by atoms with Crippen LogP contribution in [-0.4, -0.2) is 31.0 Å². The molecule has 0 saturated carbocycles. The molecule has 0 aliphatic carbocycles. The third-order valence-electron chi connectivity index (χ3n) is 2.94. The van der Waals surface area contributed by atoms with Crippen LogP contribution in [0.3, 0.4) is 0 Å². The Balaban J connectivity index is 2.10. The lowest BCUT2D eigenvalue weighted by Gasteiger charge is -2.18. The van der Waals surface area contributed by atoms with E-state index in [-0.39, 0.29) is 14.5 Å². The fourth-order valence-corrected chi connectivity index (χ4v) is 4.28. The molecule has 0 bridgehead atoms. The zero-order valence-electron chi connectivity index (χ0n) is 11.0. The van der Waals surface area contributed by atoms with E-state index < -0.39 is 0 Å². The zero-order valence-corrected chi connectivity index (χ0v) is 11.9. The molecule has 0 fully saturated rings. The molecular formula is C16H20NOP. The Morgan fingerprint density at radius 1 is 0.789 bits per heavy atom. The summed E-state index contributed by atoms with van der Waals surface area (Å²) in [6.07, 6.45) is 1.10.